The van der Waals surface area contributed by atoms with Crippen molar-refractivity contribution in [3.8, 4) is 0 Å². The monoisotopic (exact) mass is 374 g/mol. The third kappa shape index (κ3) is 3.43. The summed E-state index contributed by atoms with van der Waals surface area (Å²) in [6, 6.07) is 0. The molecule has 6 unspecified atom stereocenters. The maximum absolute atomic E-state index is 6.29. The average molecular weight is 375 g/mol. The molecule has 8 atom stereocenters. The molecule has 1 nitrogen and oxygen atoms in total. The van der Waals surface area contributed by atoms with Gasteiger partial charge in [-0.2, -0.15) is 0 Å². The van der Waals surface area contributed by atoms with Gasteiger partial charge in [-0.3, -0.25) is 0 Å². The Labute approximate surface area is 169 Å². The smallest absolute Gasteiger partial charge is 0.0631 e. The van der Waals surface area contributed by atoms with Gasteiger partial charge in [-0.05, 0) is 97.7 Å². The van der Waals surface area contributed by atoms with E-state index < -0.39 is 0 Å². The van der Waals surface area contributed by atoms with Crippen LogP contribution in [0.4, 0.5) is 0 Å². The molecule has 3 aliphatic carbocycles. The molecule has 4 aliphatic rings. The first-order valence-corrected chi connectivity index (χ1v) is 12.5. The Kier molecular flexibility index (Phi) is 5.74. The van der Waals surface area contributed by atoms with E-state index in [4.69, 9.17) is 4.74 Å². The van der Waals surface area contributed by atoms with Crippen LogP contribution in [0, 0.1) is 46.3 Å². The van der Waals surface area contributed by atoms with Crippen molar-refractivity contribution in [1.82, 2.24) is 0 Å². The Balaban J connectivity index is 1.46. The second kappa shape index (κ2) is 7.66. The molecule has 1 heteroatoms. The van der Waals surface area contributed by atoms with E-state index in [9.17, 15) is 0 Å². The topological polar surface area (TPSA) is 9.23 Å². The molecule has 0 aromatic heterocycles. The number of rotatable bonds is 5. The van der Waals surface area contributed by atoms with E-state index in [1.54, 1.807) is 0 Å². The highest BCUT2D eigenvalue weighted by molar-refractivity contribution is 5.09. The summed E-state index contributed by atoms with van der Waals surface area (Å²) in [4.78, 5) is 0. The molecule has 0 aromatic rings. The van der Waals surface area contributed by atoms with E-state index in [0.29, 0.717) is 16.9 Å². The zero-order chi connectivity index (χ0) is 19.2. The number of hydrogen-bond donors (Lipinski definition) is 0. The largest absolute Gasteiger partial charge is 0.378 e. The van der Waals surface area contributed by atoms with Gasteiger partial charge < -0.3 is 4.74 Å². The lowest BCUT2D eigenvalue weighted by molar-refractivity contribution is -0.175. The minimum atomic E-state index is 0.490. The summed E-state index contributed by atoms with van der Waals surface area (Å²) in [6.45, 7) is 13.7. The quantitative estimate of drug-likeness (QED) is 0.484. The predicted molar refractivity (Wildman–Crippen MR) is 115 cm³/mol. The molecule has 3 saturated carbocycles. The minimum Gasteiger partial charge on any atom is -0.378 e. The third-order valence-electron chi connectivity index (χ3n) is 10.2. The van der Waals surface area contributed by atoms with E-state index in [2.05, 4.69) is 34.6 Å². The second-order valence-electron chi connectivity index (χ2n) is 12.0. The fourth-order valence-electron chi connectivity index (χ4n) is 8.74. The molecule has 0 bridgehead atoms. The lowest BCUT2D eigenvalue weighted by atomic mass is 9.47. The molecule has 1 heterocycles. The van der Waals surface area contributed by atoms with Gasteiger partial charge in [0.25, 0.3) is 0 Å². The van der Waals surface area contributed by atoms with Crippen molar-refractivity contribution < 1.29 is 4.74 Å². The number of fused-ring (bicyclic) bond motifs is 5. The molecule has 156 valence electrons. The first-order valence-electron chi connectivity index (χ1n) is 12.5. The van der Waals surface area contributed by atoms with Crippen molar-refractivity contribution in [2.75, 3.05) is 6.61 Å². The van der Waals surface area contributed by atoms with Crippen LogP contribution >= 0.6 is 0 Å². The van der Waals surface area contributed by atoms with Crippen molar-refractivity contribution >= 4 is 0 Å². The Bertz CT molecular complexity index is 512. The molecule has 4 fully saturated rings. The van der Waals surface area contributed by atoms with Gasteiger partial charge in [-0.1, -0.05) is 53.9 Å². The fraction of sp³-hybridized carbons (Fsp3) is 1.00. The minimum absolute atomic E-state index is 0.490. The highest BCUT2D eigenvalue weighted by atomic mass is 16.5. The van der Waals surface area contributed by atoms with E-state index in [0.717, 1.165) is 42.1 Å². The zero-order valence-corrected chi connectivity index (χ0v) is 18.9. The Morgan fingerprint density at radius 1 is 0.852 bits per heavy atom. The van der Waals surface area contributed by atoms with Crippen molar-refractivity contribution in [3.05, 3.63) is 0 Å². The normalized spacial score (nSPS) is 48.0. The molecule has 1 saturated heterocycles. The molecule has 0 N–H and O–H groups in total. The summed E-state index contributed by atoms with van der Waals surface area (Å²) in [7, 11) is 0. The summed E-state index contributed by atoms with van der Waals surface area (Å²) < 4.78 is 6.29. The van der Waals surface area contributed by atoms with Crippen molar-refractivity contribution in [3.63, 3.8) is 0 Å². The lowest BCUT2D eigenvalue weighted by Gasteiger charge is -2.60. The molecule has 27 heavy (non-hydrogen) atoms. The number of hydrogen-bond acceptors (Lipinski definition) is 1. The van der Waals surface area contributed by atoms with Crippen LogP contribution in [0.5, 0.6) is 0 Å². The summed E-state index contributed by atoms with van der Waals surface area (Å²) in [5.41, 5.74) is 1.13. The summed E-state index contributed by atoms with van der Waals surface area (Å²) in [5, 5.41) is 0. The van der Waals surface area contributed by atoms with Crippen LogP contribution < -0.4 is 0 Å². The zero-order valence-electron chi connectivity index (χ0n) is 18.9. The molecule has 0 spiro atoms. The molecule has 0 radical (unpaired) electrons. The van der Waals surface area contributed by atoms with Gasteiger partial charge in [0.1, 0.15) is 0 Å². The van der Waals surface area contributed by atoms with Gasteiger partial charge in [0.05, 0.1) is 6.10 Å². The highest BCUT2D eigenvalue weighted by Crippen LogP contribution is 2.67. The Morgan fingerprint density at radius 2 is 1.63 bits per heavy atom. The summed E-state index contributed by atoms with van der Waals surface area (Å²) in [6.07, 6.45) is 16.5. The summed E-state index contributed by atoms with van der Waals surface area (Å²) in [5.74, 6) is 5.75. The van der Waals surface area contributed by atoms with Gasteiger partial charge in [-0.15, -0.1) is 0 Å². The Morgan fingerprint density at radius 3 is 2.41 bits per heavy atom. The van der Waals surface area contributed by atoms with E-state index in [1.165, 1.54) is 70.6 Å². The van der Waals surface area contributed by atoms with Crippen LogP contribution in [0.1, 0.15) is 105 Å². The van der Waals surface area contributed by atoms with Crippen molar-refractivity contribution in [2.45, 2.75) is 111 Å². The standard InChI is InChI=1S/C26H46O/c1-18(2)8-6-9-19(3)21-11-12-22-20-10-13-24-26(5,15-7-17-27-24)23(20)14-16-25(21,22)4/h18-24H,6-17H2,1-5H3/t19?,20?,21?,22?,23?,24?,25-,26-/m1/s1. The molecule has 1 aliphatic heterocycles. The van der Waals surface area contributed by atoms with E-state index >= 15 is 0 Å². The fourth-order valence-corrected chi connectivity index (χ4v) is 8.74. The van der Waals surface area contributed by atoms with Gasteiger partial charge in [0.15, 0.2) is 0 Å². The van der Waals surface area contributed by atoms with Gasteiger partial charge >= 0.3 is 0 Å². The van der Waals surface area contributed by atoms with Crippen LogP contribution in [-0.4, -0.2) is 12.7 Å². The Hall–Kier alpha value is -0.0400. The van der Waals surface area contributed by atoms with Crippen LogP contribution in [0.3, 0.4) is 0 Å². The maximum Gasteiger partial charge on any atom is 0.0631 e. The van der Waals surface area contributed by atoms with Crippen LogP contribution in [-0.2, 0) is 4.74 Å². The number of ether oxygens (including phenoxy) is 1. The van der Waals surface area contributed by atoms with Crippen LogP contribution in [0.2, 0.25) is 0 Å². The second-order valence-corrected chi connectivity index (χ2v) is 12.0. The first kappa shape index (κ1) is 20.2. The van der Waals surface area contributed by atoms with Crippen molar-refractivity contribution in [2.24, 2.45) is 46.3 Å². The van der Waals surface area contributed by atoms with Crippen molar-refractivity contribution in [1.29, 1.82) is 0 Å². The molecule has 0 amide bonds. The van der Waals surface area contributed by atoms with Gasteiger partial charge in [0, 0.05) is 6.61 Å². The van der Waals surface area contributed by atoms with Crippen LogP contribution in [0.25, 0.3) is 0 Å². The average Bonchev–Trinajstić information content (AvgIpc) is 2.98. The first-order chi connectivity index (χ1) is 12.9. The van der Waals surface area contributed by atoms with Crippen LogP contribution in [0.15, 0.2) is 0 Å². The molecule has 0 aromatic carbocycles. The molecular weight excluding hydrogens is 328 g/mol. The predicted octanol–water partition coefficient (Wildman–Crippen LogP) is 7.49. The summed E-state index contributed by atoms with van der Waals surface area (Å²) >= 11 is 0. The van der Waals surface area contributed by atoms with E-state index in [1.807, 2.05) is 0 Å². The SMILES string of the molecule is CC(C)CCCC(C)C1CCC2C3CCC4OCCC[C@]4(C)C3CC[C@]12C. The van der Waals surface area contributed by atoms with Gasteiger partial charge in [0.2, 0.25) is 0 Å². The maximum atomic E-state index is 6.29. The highest BCUT2D eigenvalue weighted by Gasteiger charge is 2.60. The molecular formula is C26H46O. The van der Waals surface area contributed by atoms with Gasteiger partial charge in [-0.25, -0.2) is 0 Å². The molecule has 4 rings (SSSR count). The lowest BCUT2D eigenvalue weighted by Crippen LogP contribution is -2.56. The third-order valence-corrected chi connectivity index (χ3v) is 10.2. The van der Waals surface area contributed by atoms with E-state index in [-0.39, 0.29) is 0 Å².